The number of rotatable bonds is 6. The van der Waals surface area contributed by atoms with Gasteiger partial charge in [0.25, 0.3) is 0 Å². The maximum Gasteiger partial charge on any atom is 0.0244 e. The van der Waals surface area contributed by atoms with Gasteiger partial charge < -0.3 is 5.32 Å². The normalized spacial score (nSPS) is 33.9. The van der Waals surface area contributed by atoms with Gasteiger partial charge in [0.15, 0.2) is 0 Å². The highest BCUT2D eigenvalue weighted by atomic mass is 15.2. The molecule has 3 rings (SSSR count). The van der Waals surface area contributed by atoms with Crippen LogP contribution in [0.25, 0.3) is 0 Å². The Bertz CT molecular complexity index is 328. The van der Waals surface area contributed by atoms with Crippen LogP contribution in [0.2, 0.25) is 0 Å². The first-order valence-corrected chi connectivity index (χ1v) is 8.97. The molecule has 2 aliphatic carbocycles. The van der Waals surface area contributed by atoms with E-state index in [1.807, 2.05) is 0 Å². The Morgan fingerprint density at radius 1 is 1.15 bits per heavy atom. The standard InChI is InChI=1S/C18H34N2/c1-13(2)9-16-11-20(17(10-19-16)14(3)4)12-18(7-8-18)15-5-6-15/h13-17,19H,5-12H2,1-4H3. The number of piperazine rings is 1. The van der Waals surface area contributed by atoms with Crippen molar-refractivity contribution >= 4 is 0 Å². The number of nitrogens with zero attached hydrogens (tertiary/aromatic N) is 1. The van der Waals surface area contributed by atoms with E-state index in [2.05, 4.69) is 37.9 Å². The van der Waals surface area contributed by atoms with Crippen LogP contribution in [0.1, 0.15) is 59.8 Å². The third-order valence-electron chi connectivity index (χ3n) is 5.92. The predicted molar refractivity (Wildman–Crippen MR) is 85.8 cm³/mol. The van der Waals surface area contributed by atoms with Gasteiger partial charge in [0.1, 0.15) is 0 Å². The molecule has 0 amide bonds. The zero-order valence-corrected chi connectivity index (χ0v) is 14.0. The maximum absolute atomic E-state index is 3.82. The molecular weight excluding hydrogens is 244 g/mol. The van der Waals surface area contributed by atoms with Crippen LogP contribution in [0.5, 0.6) is 0 Å². The van der Waals surface area contributed by atoms with Crippen molar-refractivity contribution in [2.45, 2.75) is 71.9 Å². The van der Waals surface area contributed by atoms with Gasteiger partial charge in [-0.05, 0) is 55.3 Å². The Morgan fingerprint density at radius 2 is 1.85 bits per heavy atom. The second kappa shape index (κ2) is 5.61. The lowest BCUT2D eigenvalue weighted by Crippen LogP contribution is -2.59. The SMILES string of the molecule is CC(C)CC1CN(CC2(C3CC3)CC2)C(C(C)C)CN1. The first-order chi connectivity index (χ1) is 9.50. The van der Waals surface area contributed by atoms with Crippen molar-refractivity contribution in [3.63, 3.8) is 0 Å². The van der Waals surface area contributed by atoms with Gasteiger partial charge in [-0.15, -0.1) is 0 Å². The van der Waals surface area contributed by atoms with Crippen LogP contribution < -0.4 is 5.32 Å². The molecule has 0 aromatic rings. The fourth-order valence-corrected chi connectivity index (χ4v) is 4.42. The summed E-state index contributed by atoms with van der Waals surface area (Å²) < 4.78 is 0. The van der Waals surface area contributed by atoms with Gasteiger partial charge in [-0.25, -0.2) is 0 Å². The van der Waals surface area contributed by atoms with Crippen molar-refractivity contribution in [2.75, 3.05) is 19.6 Å². The van der Waals surface area contributed by atoms with E-state index in [-0.39, 0.29) is 0 Å². The topological polar surface area (TPSA) is 15.3 Å². The fourth-order valence-electron chi connectivity index (χ4n) is 4.42. The van der Waals surface area contributed by atoms with E-state index >= 15 is 0 Å². The van der Waals surface area contributed by atoms with Gasteiger partial charge >= 0.3 is 0 Å². The summed E-state index contributed by atoms with van der Waals surface area (Å²) in [5.41, 5.74) is 0.757. The van der Waals surface area contributed by atoms with Gasteiger partial charge in [0, 0.05) is 31.7 Å². The predicted octanol–water partition coefficient (Wildman–Crippen LogP) is 3.52. The molecule has 2 atom stereocenters. The van der Waals surface area contributed by atoms with Crippen molar-refractivity contribution in [3.05, 3.63) is 0 Å². The molecule has 3 aliphatic rings. The molecule has 3 fully saturated rings. The Hall–Kier alpha value is -0.0800. The van der Waals surface area contributed by atoms with E-state index in [1.54, 1.807) is 0 Å². The number of hydrogen-bond acceptors (Lipinski definition) is 2. The summed E-state index contributed by atoms with van der Waals surface area (Å²) in [5, 5.41) is 3.82. The van der Waals surface area contributed by atoms with E-state index < -0.39 is 0 Å². The van der Waals surface area contributed by atoms with Crippen LogP contribution in [-0.2, 0) is 0 Å². The maximum atomic E-state index is 3.82. The Labute approximate surface area is 125 Å². The molecule has 0 aromatic heterocycles. The van der Waals surface area contributed by atoms with Crippen LogP contribution in [0.3, 0.4) is 0 Å². The Balaban J connectivity index is 1.62. The van der Waals surface area contributed by atoms with Gasteiger partial charge in [-0.2, -0.15) is 0 Å². The highest BCUT2D eigenvalue weighted by Gasteiger charge is 2.55. The summed E-state index contributed by atoms with van der Waals surface area (Å²) in [6.07, 6.45) is 7.40. The third kappa shape index (κ3) is 3.22. The Kier molecular flexibility index (Phi) is 4.16. The van der Waals surface area contributed by atoms with E-state index in [0.29, 0.717) is 0 Å². The summed E-state index contributed by atoms with van der Waals surface area (Å²) in [7, 11) is 0. The first kappa shape index (κ1) is 14.8. The zero-order chi connectivity index (χ0) is 14.3. The minimum atomic E-state index is 0.722. The quantitative estimate of drug-likeness (QED) is 0.800. The zero-order valence-electron chi connectivity index (χ0n) is 14.0. The molecule has 1 heterocycles. The van der Waals surface area contributed by atoms with Crippen molar-refractivity contribution in [3.8, 4) is 0 Å². The first-order valence-electron chi connectivity index (χ1n) is 8.97. The van der Waals surface area contributed by atoms with Gasteiger partial charge in [-0.3, -0.25) is 4.90 Å². The van der Waals surface area contributed by atoms with E-state index in [1.165, 1.54) is 51.7 Å². The highest BCUT2D eigenvalue weighted by Crippen LogP contribution is 2.61. The molecule has 1 saturated heterocycles. The molecule has 2 saturated carbocycles. The summed E-state index contributed by atoms with van der Waals surface area (Å²) in [6.45, 7) is 13.4. The smallest absolute Gasteiger partial charge is 0.0244 e. The summed E-state index contributed by atoms with van der Waals surface area (Å²) in [5.74, 6) is 2.68. The highest BCUT2D eigenvalue weighted by molar-refractivity contribution is 5.07. The molecule has 0 radical (unpaired) electrons. The fraction of sp³-hybridized carbons (Fsp3) is 1.00. The van der Waals surface area contributed by atoms with Crippen LogP contribution in [0, 0.1) is 23.2 Å². The molecule has 0 aromatic carbocycles. The van der Waals surface area contributed by atoms with E-state index in [4.69, 9.17) is 0 Å². The second-order valence-electron chi connectivity index (χ2n) is 8.61. The Morgan fingerprint density at radius 3 is 2.35 bits per heavy atom. The molecule has 1 aliphatic heterocycles. The lowest BCUT2D eigenvalue weighted by atomic mass is 9.91. The average Bonchev–Trinajstić information content (AvgIpc) is 3.22. The van der Waals surface area contributed by atoms with Gasteiger partial charge in [0.2, 0.25) is 0 Å². The summed E-state index contributed by atoms with van der Waals surface area (Å²) >= 11 is 0. The van der Waals surface area contributed by atoms with Crippen LogP contribution >= 0.6 is 0 Å². The molecular formula is C18H34N2. The van der Waals surface area contributed by atoms with Gasteiger partial charge in [0.05, 0.1) is 0 Å². The summed E-state index contributed by atoms with van der Waals surface area (Å²) in [6, 6.07) is 1.48. The second-order valence-corrected chi connectivity index (χ2v) is 8.61. The van der Waals surface area contributed by atoms with Crippen molar-refractivity contribution in [1.82, 2.24) is 10.2 Å². The average molecular weight is 278 g/mol. The lowest BCUT2D eigenvalue weighted by molar-refractivity contribution is 0.0668. The molecule has 2 unspecified atom stereocenters. The molecule has 2 nitrogen and oxygen atoms in total. The minimum absolute atomic E-state index is 0.722. The van der Waals surface area contributed by atoms with Crippen molar-refractivity contribution < 1.29 is 0 Å². The minimum Gasteiger partial charge on any atom is -0.311 e. The van der Waals surface area contributed by atoms with Crippen LogP contribution in [-0.4, -0.2) is 36.6 Å². The van der Waals surface area contributed by atoms with E-state index in [9.17, 15) is 0 Å². The van der Waals surface area contributed by atoms with Crippen molar-refractivity contribution in [2.24, 2.45) is 23.2 Å². The number of nitrogens with one attached hydrogen (secondary N) is 1. The third-order valence-corrected chi connectivity index (χ3v) is 5.92. The number of hydrogen-bond donors (Lipinski definition) is 1. The monoisotopic (exact) mass is 278 g/mol. The molecule has 1 N–H and O–H groups in total. The molecule has 0 bridgehead atoms. The van der Waals surface area contributed by atoms with Crippen LogP contribution in [0.4, 0.5) is 0 Å². The van der Waals surface area contributed by atoms with E-state index in [0.717, 1.165) is 35.3 Å². The largest absolute Gasteiger partial charge is 0.311 e. The molecule has 2 heteroatoms. The molecule has 116 valence electrons. The van der Waals surface area contributed by atoms with Crippen molar-refractivity contribution in [1.29, 1.82) is 0 Å². The lowest BCUT2D eigenvalue weighted by Gasteiger charge is -2.44. The van der Waals surface area contributed by atoms with Gasteiger partial charge in [-0.1, -0.05) is 27.7 Å². The summed E-state index contributed by atoms with van der Waals surface area (Å²) in [4.78, 5) is 2.87. The van der Waals surface area contributed by atoms with Crippen LogP contribution in [0.15, 0.2) is 0 Å². The molecule has 0 spiro atoms. The molecule has 20 heavy (non-hydrogen) atoms.